The molecular weight excluding hydrogens is 342 g/mol. The molecule has 6 heteroatoms. The van der Waals surface area contributed by atoms with E-state index in [1.54, 1.807) is 7.05 Å². The molecule has 1 N–H and O–H groups in total. The summed E-state index contributed by atoms with van der Waals surface area (Å²) in [6.07, 6.45) is 0. The normalized spacial score (nSPS) is 10.3. The fourth-order valence-electron chi connectivity index (χ4n) is 1.76. The third-order valence-electron chi connectivity index (χ3n) is 2.88. The Kier molecular flexibility index (Phi) is 4.90. The lowest BCUT2D eigenvalue weighted by Gasteiger charge is -2.19. The number of carbonyl (C=O) groups excluding carboxylic acids is 1. The Hall–Kier alpha value is -1.95. The van der Waals surface area contributed by atoms with E-state index >= 15 is 0 Å². The Labute approximate surface area is 129 Å². The van der Waals surface area contributed by atoms with Crippen LogP contribution >= 0.6 is 15.9 Å². The number of hydrogen-bond acceptors (Lipinski definition) is 1. The number of urea groups is 1. The van der Waals surface area contributed by atoms with E-state index in [4.69, 9.17) is 0 Å². The highest BCUT2D eigenvalue weighted by Crippen LogP contribution is 2.19. The van der Waals surface area contributed by atoms with Gasteiger partial charge in [0, 0.05) is 24.1 Å². The quantitative estimate of drug-likeness (QED) is 0.870. The number of nitrogens with one attached hydrogen (secondary N) is 1. The summed E-state index contributed by atoms with van der Waals surface area (Å²) in [4.78, 5) is 13.4. The first-order chi connectivity index (χ1) is 9.97. The molecular formula is C15H13BrF2N2O. The zero-order chi connectivity index (χ0) is 15.4. The van der Waals surface area contributed by atoms with Gasteiger partial charge in [0.2, 0.25) is 0 Å². The largest absolute Gasteiger partial charge is 0.323 e. The van der Waals surface area contributed by atoms with Gasteiger partial charge in [-0.3, -0.25) is 0 Å². The number of amides is 2. The van der Waals surface area contributed by atoms with Crippen molar-refractivity contribution in [2.75, 3.05) is 12.4 Å². The maximum absolute atomic E-state index is 13.5. The van der Waals surface area contributed by atoms with Crippen LogP contribution in [-0.4, -0.2) is 18.0 Å². The fraction of sp³-hybridized carbons (Fsp3) is 0.133. The van der Waals surface area contributed by atoms with Crippen LogP contribution in [0.25, 0.3) is 0 Å². The number of benzene rings is 2. The van der Waals surface area contributed by atoms with Gasteiger partial charge in [-0.1, -0.05) is 34.1 Å². The minimum atomic E-state index is -0.808. The third kappa shape index (κ3) is 4.01. The second kappa shape index (κ2) is 6.67. The van der Waals surface area contributed by atoms with Crippen LogP contribution in [-0.2, 0) is 6.54 Å². The van der Waals surface area contributed by atoms with Crippen LogP contribution < -0.4 is 5.32 Å². The van der Waals surface area contributed by atoms with Crippen molar-refractivity contribution < 1.29 is 13.6 Å². The van der Waals surface area contributed by atoms with Crippen molar-refractivity contribution in [3.8, 4) is 0 Å². The molecule has 0 atom stereocenters. The molecule has 2 aromatic rings. The molecule has 0 unspecified atom stereocenters. The molecule has 2 rings (SSSR count). The average molecular weight is 355 g/mol. The maximum Gasteiger partial charge on any atom is 0.321 e. The molecule has 0 aliphatic rings. The molecule has 0 spiro atoms. The van der Waals surface area contributed by atoms with Gasteiger partial charge in [-0.15, -0.1) is 0 Å². The SMILES string of the molecule is CN(Cc1ccccc1Br)C(=O)Nc1ccc(F)cc1F. The van der Waals surface area contributed by atoms with Crippen LogP contribution in [0.3, 0.4) is 0 Å². The third-order valence-corrected chi connectivity index (χ3v) is 3.66. The first-order valence-electron chi connectivity index (χ1n) is 6.18. The van der Waals surface area contributed by atoms with Crippen molar-refractivity contribution in [3.05, 3.63) is 64.1 Å². The van der Waals surface area contributed by atoms with Gasteiger partial charge in [0.1, 0.15) is 11.6 Å². The number of carbonyl (C=O) groups is 1. The molecule has 3 nitrogen and oxygen atoms in total. The lowest BCUT2D eigenvalue weighted by atomic mass is 10.2. The Bertz CT molecular complexity index is 664. The van der Waals surface area contributed by atoms with Gasteiger partial charge >= 0.3 is 6.03 Å². The van der Waals surface area contributed by atoms with Gasteiger partial charge in [-0.25, -0.2) is 13.6 Å². The molecule has 110 valence electrons. The van der Waals surface area contributed by atoms with E-state index in [-0.39, 0.29) is 5.69 Å². The standard InChI is InChI=1S/C15H13BrF2N2O/c1-20(9-10-4-2-3-5-12(10)16)15(21)19-14-7-6-11(17)8-13(14)18/h2-8H,9H2,1H3,(H,19,21). The fourth-order valence-corrected chi connectivity index (χ4v) is 2.17. The molecule has 0 saturated carbocycles. The first-order valence-corrected chi connectivity index (χ1v) is 6.97. The van der Waals surface area contributed by atoms with E-state index in [2.05, 4.69) is 21.2 Å². The summed E-state index contributed by atoms with van der Waals surface area (Å²) in [7, 11) is 1.59. The summed E-state index contributed by atoms with van der Waals surface area (Å²) >= 11 is 3.40. The summed E-state index contributed by atoms with van der Waals surface area (Å²) in [5.74, 6) is -1.50. The van der Waals surface area contributed by atoms with Crippen molar-refractivity contribution >= 4 is 27.6 Å². The van der Waals surface area contributed by atoms with Crippen molar-refractivity contribution in [2.24, 2.45) is 0 Å². The van der Waals surface area contributed by atoms with Crippen LogP contribution in [0.2, 0.25) is 0 Å². The van der Waals surface area contributed by atoms with Crippen molar-refractivity contribution in [3.63, 3.8) is 0 Å². The smallest absolute Gasteiger partial charge is 0.321 e. The Morgan fingerprint density at radius 1 is 1.24 bits per heavy atom. The van der Waals surface area contributed by atoms with E-state index in [0.29, 0.717) is 6.54 Å². The van der Waals surface area contributed by atoms with Crippen LogP contribution in [0, 0.1) is 11.6 Å². The van der Waals surface area contributed by atoms with Crippen molar-refractivity contribution in [1.82, 2.24) is 4.90 Å². The van der Waals surface area contributed by atoms with E-state index in [1.165, 1.54) is 11.0 Å². The van der Waals surface area contributed by atoms with E-state index in [0.717, 1.165) is 22.2 Å². The van der Waals surface area contributed by atoms with Gasteiger partial charge in [-0.05, 0) is 23.8 Å². The number of halogens is 3. The zero-order valence-electron chi connectivity index (χ0n) is 11.2. The summed E-state index contributed by atoms with van der Waals surface area (Å²) in [6, 6.07) is 10.0. The van der Waals surface area contributed by atoms with Crippen molar-refractivity contribution in [1.29, 1.82) is 0 Å². The molecule has 0 aromatic heterocycles. The predicted molar refractivity (Wildman–Crippen MR) is 81.0 cm³/mol. The van der Waals surface area contributed by atoms with Crippen LogP contribution in [0.1, 0.15) is 5.56 Å². The van der Waals surface area contributed by atoms with E-state index in [9.17, 15) is 13.6 Å². The molecule has 0 saturated heterocycles. The van der Waals surface area contributed by atoms with Gasteiger partial charge in [0.05, 0.1) is 5.69 Å². The Morgan fingerprint density at radius 3 is 2.62 bits per heavy atom. The molecule has 0 aliphatic carbocycles. The Balaban J connectivity index is 2.04. The van der Waals surface area contributed by atoms with Crippen LogP contribution in [0.15, 0.2) is 46.9 Å². The highest BCUT2D eigenvalue weighted by molar-refractivity contribution is 9.10. The second-order valence-electron chi connectivity index (χ2n) is 4.50. The number of nitrogens with zero attached hydrogens (tertiary/aromatic N) is 1. The lowest BCUT2D eigenvalue weighted by molar-refractivity contribution is 0.220. The summed E-state index contributed by atoms with van der Waals surface area (Å²) in [6.45, 7) is 0.357. The molecule has 0 fully saturated rings. The highest BCUT2D eigenvalue weighted by atomic mass is 79.9. The molecule has 0 aliphatic heterocycles. The number of hydrogen-bond donors (Lipinski definition) is 1. The summed E-state index contributed by atoms with van der Waals surface area (Å²) < 4.78 is 27.2. The van der Waals surface area contributed by atoms with Gasteiger partial charge in [0.25, 0.3) is 0 Å². The summed E-state index contributed by atoms with van der Waals surface area (Å²) in [5.41, 5.74) is 0.870. The molecule has 0 radical (unpaired) electrons. The summed E-state index contributed by atoms with van der Waals surface area (Å²) in [5, 5.41) is 2.41. The van der Waals surface area contributed by atoms with Gasteiger partial charge < -0.3 is 10.2 Å². The minimum Gasteiger partial charge on any atom is -0.323 e. The molecule has 2 aromatic carbocycles. The highest BCUT2D eigenvalue weighted by Gasteiger charge is 2.13. The maximum atomic E-state index is 13.5. The Morgan fingerprint density at radius 2 is 1.95 bits per heavy atom. The number of rotatable bonds is 3. The van der Waals surface area contributed by atoms with Gasteiger partial charge in [-0.2, -0.15) is 0 Å². The molecule has 0 heterocycles. The predicted octanol–water partition coefficient (Wildman–Crippen LogP) is 4.39. The first kappa shape index (κ1) is 15.4. The van der Waals surface area contributed by atoms with Crippen LogP contribution in [0.5, 0.6) is 0 Å². The van der Waals surface area contributed by atoms with Gasteiger partial charge in [0.15, 0.2) is 0 Å². The average Bonchev–Trinajstić information content (AvgIpc) is 2.44. The topological polar surface area (TPSA) is 32.3 Å². The molecule has 0 bridgehead atoms. The van der Waals surface area contributed by atoms with Crippen molar-refractivity contribution in [2.45, 2.75) is 6.54 Å². The number of anilines is 1. The minimum absolute atomic E-state index is 0.0552. The lowest BCUT2D eigenvalue weighted by Crippen LogP contribution is -2.31. The van der Waals surface area contributed by atoms with E-state index in [1.807, 2.05) is 24.3 Å². The molecule has 2 amide bonds. The zero-order valence-corrected chi connectivity index (χ0v) is 12.8. The monoisotopic (exact) mass is 354 g/mol. The molecule has 21 heavy (non-hydrogen) atoms. The second-order valence-corrected chi connectivity index (χ2v) is 5.36. The van der Waals surface area contributed by atoms with Crippen LogP contribution in [0.4, 0.5) is 19.3 Å². The van der Waals surface area contributed by atoms with E-state index < -0.39 is 17.7 Å².